The predicted octanol–water partition coefficient (Wildman–Crippen LogP) is 1.81. The number of ether oxygens (including phenoxy) is 1. The molecule has 2 aromatic heterocycles. The van der Waals surface area contributed by atoms with Crippen molar-refractivity contribution < 1.29 is 4.74 Å². The Morgan fingerprint density at radius 1 is 1.38 bits per heavy atom. The van der Waals surface area contributed by atoms with Crippen LogP contribution < -0.4 is 15.4 Å². The molecule has 1 atom stereocenters. The molecular formula is C16H20N6OS. The number of piperidine rings is 3. The maximum atomic E-state index is 5.08. The topological polar surface area (TPSA) is 75.2 Å². The van der Waals surface area contributed by atoms with Crippen LogP contribution in [0.5, 0.6) is 6.01 Å². The van der Waals surface area contributed by atoms with Crippen molar-refractivity contribution in [3.8, 4) is 6.01 Å². The van der Waals surface area contributed by atoms with E-state index in [4.69, 9.17) is 4.74 Å². The molecule has 3 fully saturated rings. The summed E-state index contributed by atoms with van der Waals surface area (Å²) in [6.45, 7) is 3.67. The van der Waals surface area contributed by atoms with Gasteiger partial charge in [0.05, 0.1) is 18.8 Å². The standard InChI is InChI=1S/C16H20N6OS/c1-23-14-17-8-11-13(20-14)24-15(18-11)19-12-2-5-16(21-12)9-22-6-3-10(16)4-7-22/h2,8,10,21H,3-7,9H2,1H3,(H,18,19)/t16-/m0/s1. The summed E-state index contributed by atoms with van der Waals surface area (Å²) in [5, 5.41) is 8.03. The van der Waals surface area contributed by atoms with E-state index in [1.807, 2.05) is 0 Å². The van der Waals surface area contributed by atoms with E-state index < -0.39 is 0 Å². The van der Waals surface area contributed by atoms with Crippen molar-refractivity contribution in [2.45, 2.75) is 24.8 Å². The van der Waals surface area contributed by atoms with Crippen LogP contribution in [0.4, 0.5) is 5.13 Å². The number of nitrogens with one attached hydrogen (secondary N) is 2. The van der Waals surface area contributed by atoms with E-state index in [1.165, 1.54) is 37.3 Å². The molecule has 2 aromatic rings. The first-order chi connectivity index (χ1) is 11.7. The van der Waals surface area contributed by atoms with E-state index >= 15 is 0 Å². The summed E-state index contributed by atoms with van der Waals surface area (Å²) >= 11 is 1.52. The molecule has 1 spiro atoms. The molecule has 6 rings (SSSR count). The maximum absolute atomic E-state index is 5.08. The molecule has 0 aromatic carbocycles. The van der Waals surface area contributed by atoms with Crippen LogP contribution in [-0.4, -0.2) is 52.1 Å². The van der Waals surface area contributed by atoms with Crippen molar-refractivity contribution >= 4 is 26.8 Å². The molecule has 0 amide bonds. The zero-order valence-electron chi connectivity index (χ0n) is 13.6. The zero-order valence-corrected chi connectivity index (χ0v) is 14.4. The van der Waals surface area contributed by atoms with Gasteiger partial charge in [-0.1, -0.05) is 11.3 Å². The highest BCUT2D eigenvalue weighted by molar-refractivity contribution is 7.21. The van der Waals surface area contributed by atoms with Crippen molar-refractivity contribution in [1.82, 2.24) is 25.2 Å². The van der Waals surface area contributed by atoms with Crippen LogP contribution >= 0.6 is 11.3 Å². The Kier molecular flexibility index (Phi) is 3.18. The lowest BCUT2D eigenvalue weighted by Gasteiger charge is -2.52. The molecule has 24 heavy (non-hydrogen) atoms. The molecule has 0 saturated carbocycles. The lowest BCUT2D eigenvalue weighted by atomic mass is 9.72. The molecule has 4 aliphatic rings. The van der Waals surface area contributed by atoms with E-state index in [0.29, 0.717) is 6.01 Å². The van der Waals surface area contributed by atoms with Gasteiger partial charge in [-0.05, 0) is 44.3 Å². The second-order valence-corrected chi connectivity index (χ2v) is 7.82. The van der Waals surface area contributed by atoms with E-state index in [9.17, 15) is 0 Å². The predicted molar refractivity (Wildman–Crippen MR) is 93.1 cm³/mol. The number of methoxy groups -OCH3 is 1. The van der Waals surface area contributed by atoms with Crippen LogP contribution in [0.1, 0.15) is 19.3 Å². The number of anilines is 1. The van der Waals surface area contributed by atoms with Gasteiger partial charge in [0.1, 0.15) is 11.3 Å². The fourth-order valence-corrected chi connectivity index (χ4v) is 5.08. The first-order valence-electron chi connectivity index (χ1n) is 8.39. The first-order valence-corrected chi connectivity index (χ1v) is 9.21. The summed E-state index contributed by atoms with van der Waals surface area (Å²) in [6.07, 6.45) is 7.69. The van der Waals surface area contributed by atoms with Crippen molar-refractivity contribution in [2.24, 2.45) is 5.92 Å². The van der Waals surface area contributed by atoms with Crippen molar-refractivity contribution in [1.29, 1.82) is 0 Å². The Bertz CT molecular complexity index is 812. The fourth-order valence-electron chi connectivity index (χ4n) is 4.27. The Hall–Kier alpha value is -1.93. The molecule has 6 heterocycles. The second kappa shape index (κ2) is 5.29. The van der Waals surface area contributed by atoms with Crippen LogP contribution in [-0.2, 0) is 0 Å². The van der Waals surface area contributed by atoms with Crippen molar-refractivity contribution in [2.75, 3.05) is 32.1 Å². The summed E-state index contributed by atoms with van der Waals surface area (Å²) in [7, 11) is 1.57. The smallest absolute Gasteiger partial charge is 0.317 e. The van der Waals surface area contributed by atoms with Gasteiger partial charge in [0.15, 0.2) is 9.96 Å². The lowest BCUT2D eigenvalue weighted by Crippen LogP contribution is -2.64. The third-order valence-corrected chi connectivity index (χ3v) is 6.36. The lowest BCUT2D eigenvalue weighted by molar-refractivity contribution is 0.0189. The van der Waals surface area contributed by atoms with Gasteiger partial charge in [0.25, 0.3) is 0 Å². The number of hydrogen-bond donors (Lipinski definition) is 2. The summed E-state index contributed by atoms with van der Waals surface area (Å²) in [5.74, 6) is 1.85. The molecule has 2 bridgehead atoms. The molecule has 0 aliphatic carbocycles. The largest absolute Gasteiger partial charge is 0.467 e. The Labute approximate surface area is 144 Å². The van der Waals surface area contributed by atoms with E-state index in [2.05, 4.69) is 36.6 Å². The molecule has 2 N–H and O–H groups in total. The van der Waals surface area contributed by atoms with Gasteiger partial charge in [-0.2, -0.15) is 4.98 Å². The van der Waals surface area contributed by atoms with Crippen molar-refractivity contribution in [3.05, 3.63) is 18.1 Å². The number of thiazole rings is 1. The highest BCUT2D eigenvalue weighted by Crippen LogP contribution is 2.41. The summed E-state index contributed by atoms with van der Waals surface area (Å²) in [4.78, 5) is 16.4. The molecule has 4 aliphatic heterocycles. The summed E-state index contributed by atoms with van der Waals surface area (Å²) < 4.78 is 5.08. The van der Waals surface area contributed by atoms with Gasteiger partial charge in [-0.3, -0.25) is 0 Å². The summed E-state index contributed by atoms with van der Waals surface area (Å²) in [6, 6.07) is 0.377. The quantitative estimate of drug-likeness (QED) is 0.879. The van der Waals surface area contributed by atoms with E-state index in [-0.39, 0.29) is 5.54 Å². The SMILES string of the molecule is COc1ncc2nc(NC3=CC[C@@]4(CN5CCC4CC5)N3)sc2n1. The van der Waals surface area contributed by atoms with Crippen LogP contribution in [0, 0.1) is 5.92 Å². The van der Waals surface area contributed by atoms with Crippen LogP contribution in [0.15, 0.2) is 18.1 Å². The van der Waals surface area contributed by atoms with Gasteiger partial charge >= 0.3 is 6.01 Å². The fraction of sp³-hybridized carbons (Fsp3) is 0.562. The highest BCUT2D eigenvalue weighted by atomic mass is 32.1. The van der Waals surface area contributed by atoms with Crippen LogP contribution in [0.25, 0.3) is 10.3 Å². The van der Waals surface area contributed by atoms with Gasteiger partial charge in [-0.15, -0.1) is 0 Å². The molecule has 0 radical (unpaired) electrons. The molecule has 126 valence electrons. The number of rotatable bonds is 3. The molecular weight excluding hydrogens is 324 g/mol. The summed E-state index contributed by atoms with van der Waals surface area (Å²) in [5.41, 5.74) is 1.01. The average molecular weight is 344 g/mol. The molecule has 0 unspecified atom stereocenters. The monoisotopic (exact) mass is 344 g/mol. The first kappa shape index (κ1) is 14.4. The van der Waals surface area contributed by atoms with Gasteiger partial charge in [0, 0.05) is 6.54 Å². The number of fused-ring (bicyclic) bond motifs is 3. The Morgan fingerprint density at radius 2 is 2.25 bits per heavy atom. The number of nitrogens with zero attached hydrogens (tertiary/aromatic N) is 4. The minimum absolute atomic E-state index is 0.221. The van der Waals surface area contributed by atoms with Gasteiger partial charge in [-0.25, -0.2) is 9.97 Å². The second-order valence-electron chi connectivity index (χ2n) is 6.84. The van der Waals surface area contributed by atoms with Crippen LogP contribution in [0.2, 0.25) is 0 Å². The number of hydrogen-bond acceptors (Lipinski definition) is 8. The number of aromatic nitrogens is 3. The molecule has 3 saturated heterocycles. The van der Waals surface area contributed by atoms with Gasteiger partial charge in [0.2, 0.25) is 0 Å². The zero-order chi connectivity index (χ0) is 16.1. The van der Waals surface area contributed by atoms with Crippen molar-refractivity contribution in [3.63, 3.8) is 0 Å². The Morgan fingerprint density at radius 3 is 3.00 bits per heavy atom. The van der Waals surface area contributed by atoms with E-state index in [1.54, 1.807) is 13.3 Å². The maximum Gasteiger partial charge on any atom is 0.317 e. The third kappa shape index (κ3) is 2.24. The van der Waals surface area contributed by atoms with Gasteiger partial charge < -0.3 is 20.3 Å². The van der Waals surface area contributed by atoms with E-state index in [0.717, 1.165) is 40.2 Å². The highest BCUT2D eigenvalue weighted by Gasteiger charge is 2.48. The normalized spacial score (nSPS) is 31.3. The minimum Gasteiger partial charge on any atom is -0.467 e. The molecule has 8 heteroatoms. The minimum atomic E-state index is 0.221. The third-order valence-electron chi connectivity index (χ3n) is 5.48. The average Bonchev–Trinajstić information content (AvgIpc) is 3.19. The Balaban J connectivity index is 1.34. The molecule has 7 nitrogen and oxygen atoms in total. The van der Waals surface area contributed by atoms with Crippen LogP contribution in [0.3, 0.4) is 0 Å².